The second-order valence-electron chi connectivity index (χ2n) is 6.75. The van der Waals surface area contributed by atoms with Crippen LogP contribution in [0.4, 0.5) is 0 Å². The third kappa shape index (κ3) is 4.45. The molecule has 1 aromatic carbocycles. The minimum atomic E-state index is 0.118. The topological polar surface area (TPSA) is 38.7 Å². The number of hydrogen-bond donors (Lipinski definition) is 1. The molecule has 0 spiro atoms. The summed E-state index contributed by atoms with van der Waals surface area (Å²) in [7, 11) is 1.00. The monoisotopic (exact) mass is 294 g/mol. The molecular weight excluding hydrogens is 264 g/mol. The molecule has 0 bridgehead atoms. The average Bonchev–Trinajstić information content (AvgIpc) is 2.48. The van der Waals surface area contributed by atoms with Gasteiger partial charge in [-0.05, 0) is 45.2 Å². The van der Waals surface area contributed by atoms with Crippen LogP contribution in [0.2, 0.25) is 0 Å². The maximum absolute atomic E-state index is 7.00. The second-order valence-corrected chi connectivity index (χ2v) is 6.75. The molecule has 0 amide bonds. The van der Waals surface area contributed by atoms with Crippen molar-refractivity contribution in [2.45, 2.75) is 53.1 Å². The number of fused-ring (bicyclic) bond motifs is 1. The zero-order valence-corrected chi connectivity index (χ0v) is 14.3. The zero-order valence-electron chi connectivity index (χ0n) is 14.3. The van der Waals surface area contributed by atoms with Gasteiger partial charge in [0.25, 0.3) is 0 Å². The lowest BCUT2D eigenvalue weighted by molar-refractivity contribution is -0.230. The zero-order chi connectivity index (χ0) is 16.1. The maximum Gasteiger partial charge on any atom is 0.122 e. The number of aliphatic hydroxyl groups excluding tert-OH is 1. The molecule has 1 saturated heterocycles. The van der Waals surface area contributed by atoms with Gasteiger partial charge in [0.2, 0.25) is 0 Å². The van der Waals surface area contributed by atoms with Gasteiger partial charge in [-0.2, -0.15) is 0 Å². The van der Waals surface area contributed by atoms with Crippen LogP contribution in [0.15, 0.2) is 18.2 Å². The molecule has 1 aromatic rings. The van der Waals surface area contributed by atoms with Crippen molar-refractivity contribution in [1.82, 2.24) is 0 Å². The highest BCUT2D eigenvalue weighted by Crippen LogP contribution is 2.43. The Hall–Kier alpha value is -1.06. The number of rotatable bonds is 0. The van der Waals surface area contributed by atoms with Gasteiger partial charge >= 0.3 is 0 Å². The van der Waals surface area contributed by atoms with Gasteiger partial charge in [0.1, 0.15) is 5.75 Å². The fraction of sp³-hybridized carbons (Fsp3) is 0.667. The predicted molar refractivity (Wildman–Crippen MR) is 86.9 cm³/mol. The molecule has 3 rings (SSSR count). The minimum Gasteiger partial charge on any atom is -0.493 e. The lowest BCUT2D eigenvalue weighted by atomic mass is 9.73. The molecule has 2 aliphatic heterocycles. The van der Waals surface area contributed by atoms with Gasteiger partial charge in [-0.15, -0.1) is 0 Å². The first-order chi connectivity index (χ1) is 9.82. The molecule has 2 heterocycles. The Balaban J connectivity index is 0.000000196. The van der Waals surface area contributed by atoms with Gasteiger partial charge in [-0.3, -0.25) is 0 Å². The number of ether oxygens (including phenoxy) is 2. The van der Waals surface area contributed by atoms with Crippen LogP contribution < -0.4 is 4.74 Å². The number of aliphatic hydroxyl groups is 1. The van der Waals surface area contributed by atoms with Crippen molar-refractivity contribution in [2.75, 3.05) is 20.3 Å². The summed E-state index contributed by atoms with van der Waals surface area (Å²) >= 11 is 0. The van der Waals surface area contributed by atoms with E-state index < -0.39 is 0 Å². The molecule has 120 valence electrons. The van der Waals surface area contributed by atoms with Crippen LogP contribution in [0.3, 0.4) is 0 Å². The highest BCUT2D eigenvalue weighted by Gasteiger charge is 2.47. The summed E-state index contributed by atoms with van der Waals surface area (Å²) in [6.45, 7) is 12.7. The summed E-state index contributed by atoms with van der Waals surface area (Å²) in [4.78, 5) is 0. The first-order valence-electron chi connectivity index (χ1n) is 7.63. The number of hydrogen-bond acceptors (Lipinski definition) is 3. The van der Waals surface area contributed by atoms with Crippen LogP contribution in [0, 0.1) is 12.3 Å². The van der Waals surface area contributed by atoms with E-state index in [0.717, 1.165) is 32.5 Å². The highest BCUT2D eigenvalue weighted by molar-refractivity contribution is 5.37. The molecule has 1 fully saturated rings. The quantitative estimate of drug-likeness (QED) is 0.792. The van der Waals surface area contributed by atoms with E-state index in [1.807, 2.05) is 0 Å². The Morgan fingerprint density at radius 1 is 1.10 bits per heavy atom. The molecule has 3 heteroatoms. The van der Waals surface area contributed by atoms with Crippen molar-refractivity contribution in [3.8, 4) is 5.75 Å². The van der Waals surface area contributed by atoms with Gasteiger partial charge in [0.15, 0.2) is 0 Å². The van der Waals surface area contributed by atoms with Gasteiger partial charge in [0.05, 0.1) is 18.8 Å². The molecule has 0 saturated carbocycles. The van der Waals surface area contributed by atoms with E-state index in [-0.39, 0.29) is 5.60 Å². The fourth-order valence-electron chi connectivity index (χ4n) is 2.14. The normalized spacial score (nSPS) is 20.3. The number of benzene rings is 1. The molecule has 1 N–H and O–H groups in total. The Labute approximate surface area is 129 Å². The highest BCUT2D eigenvalue weighted by atomic mass is 16.5. The molecule has 0 unspecified atom stereocenters. The van der Waals surface area contributed by atoms with Crippen molar-refractivity contribution in [1.29, 1.82) is 0 Å². The second kappa shape index (κ2) is 7.28. The van der Waals surface area contributed by atoms with Crippen molar-refractivity contribution in [3.05, 3.63) is 29.3 Å². The average molecular weight is 294 g/mol. The summed E-state index contributed by atoms with van der Waals surface area (Å²) in [6.07, 6.45) is 2.34. The molecular formula is C18H30O3. The van der Waals surface area contributed by atoms with E-state index in [4.69, 9.17) is 14.6 Å². The van der Waals surface area contributed by atoms with Crippen LogP contribution in [0.1, 0.15) is 45.2 Å². The predicted octanol–water partition coefficient (Wildman–Crippen LogP) is 3.75. The summed E-state index contributed by atoms with van der Waals surface area (Å²) in [6, 6.07) is 6.39. The van der Waals surface area contributed by atoms with Gasteiger partial charge in [0, 0.05) is 12.5 Å². The summed E-state index contributed by atoms with van der Waals surface area (Å²) in [5.74, 6) is 1.09. The van der Waals surface area contributed by atoms with E-state index in [1.54, 1.807) is 0 Å². The smallest absolute Gasteiger partial charge is 0.122 e. The first kappa shape index (κ1) is 18.0. The molecule has 0 atom stereocenters. The molecule has 21 heavy (non-hydrogen) atoms. The summed E-state index contributed by atoms with van der Waals surface area (Å²) in [5, 5.41) is 7.00. The van der Waals surface area contributed by atoms with Crippen LogP contribution >= 0.6 is 0 Å². The van der Waals surface area contributed by atoms with Crippen molar-refractivity contribution < 1.29 is 14.6 Å². The van der Waals surface area contributed by atoms with Crippen molar-refractivity contribution in [3.63, 3.8) is 0 Å². The number of aryl methyl sites for hydroxylation is 2. The van der Waals surface area contributed by atoms with Gasteiger partial charge in [-0.1, -0.05) is 31.5 Å². The van der Waals surface area contributed by atoms with E-state index in [2.05, 4.69) is 52.8 Å². The minimum absolute atomic E-state index is 0.118. The van der Waals surface area contributed by atoms with Crippen LogP contribution in [-0.4, -0.2) is 31.0 Å². The molecule has 3 nitrogen and oxygen atoms in total. The maximum atomic E-state index is 7.00. The lowest BCUT2D eigenvalue weighted by Gasteiger charge is -2.51. The Kier molecular flexibility index (Phi) is 6.24. The van der Waals surface area contributed by atoms with E-state index >= 15 is 0 Å². The molecule has 0 aromatic heterocycles. The van der Waals surface area contributed by atoms with Crippen molar-refractivity contribution >= 4 is 0 Å². The SMILES string of the molecule is CC1(C)COC1(C)C.CO.Cc1ccc2c(c1)CCCO2. The third-order valence-electron chi connectivity index (χ3n) is 4.49. The largest absolute Gasteiger partial charge is 0.493 e. The standard InChI is InChI=1S/C10H12O.C7H14O.CH4O/c1-8-4-5-10-9(7-8)3-2-6-11-10;1-6(2)5-8-7(6,3)4;1-2/h4-5,7H,2-3,6H2,1H3;5H2,1-4H3;2H,1H3. The van der Waals surface area contributed by atoms with Crippen LogP contribution in [-0.2, 0) is 11.2 Å². The molecule has 2 aliphatic rings. The first-order valence-corrected chi connectivity index (χ1v) is 7.63. The third-order valence-corrected chi connectivity index (χ3v) is 4.49. The summed E-state index contributed by atoms with van der Waals surface area (Å²) < 4.78 is 10.8. The van der Waals surface area contributed by atoms with E-state index in [1.165, 1.54) is 17.5 Å². The molecule has 0 radical (unpaired) electrons. The van der Waals surface area contributed by atoms with Crippen LogP contribution in [0.5, 0.6) is 5.75 Å². The van der Waals surface area contributed by atoms with Gasteiger partial charge in [-0.25, -0.2) is 0 Å². The van der Waals surface area contributed by atoms with E-state index in [0.29, 0.717) is 5.41 Å². The van der Waals surface area contributed by atoms with Crippen LogP contribution in [0.25, 0.3) is 0 Å². The van der Waals surface area contributed by atoms with E-state index in [9.17, 15) is 0 Å². The van der Waals surface area contributed by atoms with Gasteiger partial charge < -0.3 is 14.6 Å². The Morgan fingerprint density at radius 3 is 2.19 bits per heavy atom. The lowest BCUT2D eigenvalue weighted by Crippen LogP contribution is -2.55. The molecule has 0 aliphatic carbocycles. The fourth-order valence-corrected chi connectivity index (χ4v) is 2.14. The summed E-state index contributed by atoms with van der Waals surface area (Å²) in [5.41, 5.74) is 3.21. The Bertz CT molecular complexity index is 436. The van der Waals surface area contributed by atoms with Crippen molar-refractivity contribution in [2.24, 2.45) is 5.41 Å². The Morgan fingerprint density at radius 2 is 1.71 bits per heavy atom.